The molecule has 2 aliphatic rings. The van der Waals surface area contributed by atoms with Gasteiger partial charge in [0.2, 0.25) is 5.91 Å². The number of amides is 2. The summed E-state index contributed by atoms with van der Waals surface area (Å²) in [5, 5.41) is 12.2. The molecule has 0 bridgehead atoms. The molecule has 7 nitrogen and oxygen atoms in total. The summed E-state index contributed by atoms with van der Waals surface area (Å²) >= 11 is 0. The number of hydrogen-bond donors (Lipinski definition) is 2. The number of likely N-dealkylation sites (tertiary alicyclic amines) is 1. The van der Waals surface area contributed by atoms with Gasteiger partial charge in [-0.05, 0) is 40.0 Å². The van der Waals surface area contributed by atoms with Gasteiger partial charge in [-0.2, -0.15) is 0 Å². The molecular weight excluding hydrogens is 444 g/mol. The van der Waals surface area contributed by atoms with Crippen LogP contribution in [0.1, 0.15) is 44.2 Å². The monoisotopic (exact) mass is 478 g/mol. The molecule has 0 aromatic heterocycles. The topological polar surface area (TPSA) is 95.9 Å². The van der Waals surface area contributed by atoms with Gasteiger partial charge in [0.15, 0.2) is 0 Å². The summed E-state index contributed by atoms with van der Waals surface area (Å²) in [6, 6.07) is 16.4. The molecule has 2 amide bonds. The van der Waals surface area contributed by atoms with Crippen LogP contribution in [0.3, 0.4) is 0 Å². The van der Waals surface area contributed by atoms with E-state index < -0.39 is 18.0 Å². The van der Waals surface area contributed by atoms with Crippen LogP contribution in [0, 0.1) is 23.7 Å². The second-order valence-electron chi connectivity index (χ2n) is 10.1. The maximum Gasteiger partial charge on any atom is 0.407 e. The van der Waals surface area contributed by atoms with Crippen LogP contribution in [0.2, 0.25) is 0 Å². The number of nitrogens with zero attached hydrogens (tertiary/aromatic N) is 1. The lowest BCUT2D eigenvalue weighted by Crippen LogP contribution is -2.37. The average Bonchev–Trinajstić information content (AvgIpc) is 3.38. The first-order chi connectivity index (χ1) is 16.8. The van der Waals surface area contributed by atoms with Crippen molar-refractivity contribution in [2.24, 2.45) is 23.7 Å². The minimum Gasteiger partial charge on any atom is -0.481 e. The fourth-order valence-electron chi connectivity index (χ4n) is 5.25. The zero-order chi connectivity index (χ0) is 25.1. The molecule has 0 saturated carbocycles. The van der Waals surface area contributed by atoms with Crippen LogP contribution in [0.5, 0.6) is 0 Å². The molecule has 1 fully saturated rings. The number of carboxylic acid groups (broad SMARTS) is 1. The molecule has 1 aliphatic heterocycles. The van der Waals surface area contributed by atoms with Gasteiger partial charge in [-0.1, -0.05) is 69.3 Å². The molecule has 0 spiro atoms. The quantitative estimate of drug-likeness (QED) is 0.588. The van der Waals surface area contributed by atoms with E-state index in [0.29, 0.717) is 13.1 Å². The Morgan fingerprint density at radius 1 is 1.03 bits per heavy atom. The highest BCUT2D eigenvalue weighted by molar-refractivity contribution is 5.80. The predicted octanol–water partition coefficient (Wildman–Crippen LogP) is 4.37. The van der Waals surface area contributed by atoms with Crippen molar-refractivity contribution in [3.05, 3.63) is 59.7 Å². The number of rotatable bonds is 8. The largest absolute Gasteiger partial charge is 0.481 e. The molecular formula is C28H34N2O5. The molecule has 7 heteroatoms. The van der Waals surface area contributed by atoms with Crippen LogP contribution >= 0.6 is 0 Å². The van der Waals surface area contributed by atoms with Gasteiger partial charge in [-0.25, -0.2) is 4.79 Å². The minimum absolute atomic E-state index is 0.00467. The Kier molecular flexibility index (Phi) is 7.43. The second-order valence-corrected chi connectivity index (χ2v) is 10.1. The summed E-state index contributed by atoms with van der Waals surface area (Å²) < 4.78 is 5.62. The predicted molar refractivity (Wildman–Crippen MR) is 133 cm³/mol. The van der Waals surface area contributed by atoms with Gasteiger partial charge in [-0.3, -0.25) is 9.59 Å². The zero-order valence-corrected chi connectivity index (χ0v) is 20.6. The number of carbonyl (C=O) groups excluding carboxylic acids is 2. The fraction of sp³-hybridized carbons (Fsp3) is 0.464. The van der Waals surface area contributed by atoms with Crippen LogP contribution in [-0.4, -0.2) is 54.2 Å². The van der Waals surface area contributed by atoms with E-state index in [1.165, 1.54) is 11.1 Å². The van der Waals surface area contributed by atoms with E-state index in [-0.39, 0.29) is 49.2 Å². The molecule has 186 valence electrons. The van der Waals surface area contributed by atoms with Crippen molar-refractivity contribution >= 4 is 18.0 Å². The van der Waals surface area contributed by atoms with Gasteiger partial charge in [0, 0.05) is 32.0 Å². The molecule has 35 heavy (non-hydrogen) atoms. The van der Waals surface area contributed by atoms with Gasteiger partial charge in [0.25, 0.3) is 0 Å². The van der Waals surface area contributed by atoms with E-state index in [2.05, 4.69) is 29.6 Å². The smallest absolute Gasteiger partial charge is 0.407 e. The summed E-state index contributed by atoms with van der Waals surface area (Å²) in [6.45, 7) is 7.18. The summed E-state index contributed by atoms with van der Waals surface area (Å²) in [5.74, 6) is -1.40. The number of alkyl carbamates (subject to hydrolysis) is 1. The van der Waals surface area contributed by atoms with E-state index in [1.54, 1.807) is 4.90 Å². The van der Waals surface area contributed by atoms with Gasteiger partial charge in [-0.15, -0.1) is 0 Å². The van der Waals surface area contributed by atoms with Gasteiger partial charge in [0.05, 0.1) is 5.92 Å². The maximum atomic E-state index is 12.8. The van der Waals surface area contributed by atoms with E-state index in [1.807, 2.05) is 45.0 Å². The summed E-state index contributed by atoms with van der Waals surface area (Å²) in [6.07, 6.45) is -0.230. The van der Waals surface area contributed by atoms with E-state index >= 15 is 0 Å². The molecule has 3 atom stereocenters. The van der Waals surface area contributed by atoms with Crippen molar-refractivity contribution in [1.82, 2.24) is 10.2 Å². The number of hydrogen-bond acceptors (Lipinski definition) is 4. The highest BCUT2D eigenvalue weighted by Gasteiger charge is 2.37. The minimum atomic E-state index is -0.856. The van der Waals surface area contributed by atoms with E-state index in [4.69, 9.17) is 4.74 Å². The Morgan fingerprint density at radius 3 is 2.17 bits per heavy atom. The lowest BCUT2D eigenvalue weighted by molar-refractivity contribution is -0.142. The summed E-state index contributed by atoms with van der Waals surface area (Å²) in [4.78, 5) is 38.4. The van der Waals surface area contributed by atoms with Gasteiger partial charge < -0.3 is 20.1 Å². The number of carboxylic acids is 1. The Bertz CT molecular complexity index is 1050. The van der Waals surface area contributed by atoms with Crippen LogP contribution in [0.15, 0.2) is 48.5 Å². The van der Waals surface area contributed by atoms with Crippen molar-refractivity contribution in [2.75, 3.05) is 26.2 Å². The first-order valence-electron chi connectivity index (χ1n) is 12.4. The molecule has 4 rings (SSSR count). The van der Waals surface area contributed by atoms with Crippen molar-refractivity contribution < 1.29 is 24.2 Å². The van der Waals surface area contributed by atoms with E-state index in [9.17, 15) is 19.5 Å². The molecule has 0 radical (unpaired) electrons. The average molecular weight is 479 g/mol. The van der Waals surface area contributed by atoms with Crippen molar-refractivity contribution in [3.8, 4) is 11.1 Å². The number of ether oxygens (including phenoxy) is 1. The third-order valence-electron chi connectivity index (χ3n) is 7.51. The van der Waals surface area contributed by atoms with Crippen molar-refractivity contribution in [3.63, 3.8) is 0 Å². The fourth-order valence-corrected chi connectivity index (χ4v) is 5.25. The maximum absolute atomic E-state index is 12.8. The summed E-state index contributed by atoms with van der Waals surface area (Å²) in [7, 11) is 0. The van der Waals surface area contributed by atoms with Gasteiger partial charge in [0.1, 0.15) is 6.61 Å². The number of benzene rings is 2. The molecule has 2 aromatic carbocycles. The van der Waals surface area contributed by atoms with Crippen LogP contribution in [0.25, 0.3) is 11.1 Å². The lowest BCUT2D eigenvalue weighted by Gasteiger charge is -2.24. The second kappa shape index (κ2) is 10.5. The highest BCUT2D eigenvalue weighted by Crippen LogP contribution is 2.44. The van der Waals surface area contributed by atoms with Crippen LogP contribution in [0.4, 0.5) is 4.79 Å². The molecule has 1 saturated heterocycles. The number of aliphatic carboxylic acids is 1. The first kappa shape index (κ1) is 24.8. The molecule has 1 aliphatic carbocycles. The number of nitrogens with one attached hydrogen (secondary N) is 1. The Balaban J connectivity index is 1.30. The van der Waals surface area contributed by atoms with Crippen molar-refractivity contribution in [2.45, 2.75) is 33.1 Å². The number of carbonyl (C=O) groups is 3. The third kappa shape index (κ3) is 5.34. The van der Waals surface area contributed by atoms with Gasteiger partial charge >= 0.3 is 12.1 Å². The molecule has 2 N–H and O–H groups in total. The Hall–Kier alpha value is -3.35. The van der Waals surface area contributed by atoms with Crippen LogP contribution in [-0.2, 0) is 14.3 Å². The lowest BCUT2D eigenvalue weighted by atomic mass is 9.92. The molecule has 2 aromatic rings. The van der Waals surface area contributed by atoms with Crippen LogP contribution < -0.4 is 5.32 Å². The van der Waals surface area contributed by atoms with Crippen molar-refractivity contribution in [1.29, 1.82) is 0 Å². The first-order valence-corrected chi connectivity index (χ1v) is 12.4. The Morgan fingerprint density at radius 2 is 1.63 bits per heavy atom. The third-order valence-corrected chi connectivity index (χ3v) is 7.51. The van der Waals surface area contributed by atoms with E-state index in [0.717, 1.165) is 11.1 Å². The normalized spacial score (nSPS) is 19.8. The number of fused-ring (bicyclic) bond motifs is 3. The Labute approximate surface area is 206 Å². The summed E-state index contributed by atoms with van der Waals surface area (Å²) in [5.41, 5.74) is 4.67. The molecule has 3 unspecified atom stereocenters. The zero-order valence-electron chi connectivity index (χ0n) is 20.6. The highest BCUT2D eigenvalue weighted by atomic mass is 16.5. The standard InChI is InChI=1S/C28H34N2O5/c1-17(2)19(12-26(31)30-14-18(3)24(15-30)27(32)33)13-29-28(34)35-16-25-22-10-6-4-8-20(22)21-9-5-7-11-23(21)25/h4-11,17-19,24-25H,12-16H2,1-3H3,(H,29,34)(H,32,33). The molecule has 1 heterocycles. The SMILES string of the molecule is CC(C)C(CNC(=O)OCC1c2ccccc2-c2ccccc21)CC(=O)N1CC(C)C(C(=O)O)C1.